The summed E-state index contributed by atoms with van der Waals surface area (Å²) < 4.78 is 11.3. The molecule has 32 heavy (non-hydrogen) atoms. The van der Waals surface area contributed by atoms with Crippen LogP contribution < -0.4 is 15.4 Å². The van der Waals surface area contributed by atoms with Gasteiger partial charge in [0.25, 0.3) is 0 Å². The quantitative estimate of drug-likeness (QED) is 0.271. The molecule has 2 N–H and O–H groups in total. The lowest BCUT2D eigenvalue weighted by Crippen LogP contribution is -2.49. The average Bonchev–Trinajstić information content (AvgIpc) is 2.80. The first-order chi connectivity index (χ1) is 15.2. The molecule has 0 aliphatic carbocycles. The van der Waals surface area contributed by atoms with Crippen LogP contribution in [0.1, 0.15) is 58.4 Å². The van der Waals surface area contributed by atoms with Crippen LogP contribution in [0.2, 0.25) is 0 Å². The maximum atomic E-state index is 5.71. The normalized spacial score (nSPS) is 19.8. The van der Waals surface area contributed by atoms with E-state index in [-0.39, 0.29) is 29.4 Å². The van der Waals surface area contributed by atoms with E-state index < -0.39 is 0 Å². The lowest BCUT2D eigenvalue weighted by atomic mass is 9.74. The molecule has 3 rings (SSSR count). The van der Waals surface area contributed by atoms with Gasteiger partial charge in [-0.25, -0.2) is 0 Å². The average molecular weight is 559 g/mol. The number of hydrogen-bond acceptors (Lipinski definition) is 4. The van der Waals surface area contributed by atoms with Crippen LogP contribution in [0.15, 0.2) is 29.3 Å². The van der Waals surface area contributed by atoms with E-state index in [0.29, 0.717) is 12.6 Å². The molecule has 2 aliphatic heterocycles. The SMILES string of the molecule is CCCN1CCC(NC(=NCC2(c3ccc(OCC)cc3)CCOCC2)NCC)CC1.I. The highest BCUT2D eigenvalue weighted by Crippen LogP contribution is 2.36. The first kappa shape index (κ1) is 27.2. The van der Waals surface area contributed by atoms with E-state index in [1.807, 2.05) is 6.92 Å². The molecule has 0 saturated carbocycles. The Balaban J connectivity index is 0.00000363. The molecule has 0 radical (unpaired) electrons. The number of aliphatic imine (C=N–C) groups is 1. The Kier molecular flexibility index (Phi) is 12.1. The van der Waals surface area contributed by atoms with Gasteiger partial charge in [0.05, 0.1) is 13.2 Å². The third-order valence-corrected chi connectivity index (χ3v) is 6.58. The topological polar surface area (TPSA) is 58.1 Å². The molecule has 0 spiro atoms. The van der Waals surface area contributed by atoms with Crippen molar-refractivity contribution in [2.75, 3.05) is 52.5 Å². The summed E-state index contributed by atoms with van der Waals surface area (Å²) in [5.41, 5.74) is 1.36. The van der Waals surface area contributed by atoms with E-state index in [1.54, 1.807) is 0 Å². The zero-order valence-corrected chi connectivity index (χ0v) is 22.5. The molecule has 0 bridgehead atoms. The van der Waals surface area contributed by atoms with Crippen LogP contribution in [-0.4, -0.2) is 69.4 Å². The standard InChI is InChI=1S/C25H42N4O2.HI/c1-4-15-29-16-11-22(12-17-29)28-24(26-5-2)27-20-25(13-18-30-19-14-25)21-7-9-23(10-8-21)31-6-3;/h7-10,22H,4-6,11-20H2,1-3H3,(H2,26,27,28);1H. The van der Waals surface area contributed by atoms with Crippen molar-refractivity contribution in [2.24, 2.45) is 4.99 Å². The Hall–Kier alpha value is -1.06. The number of benzene rings is 1. The predicted molar refractivity (Wildman–Crippen MR) is 144 cm³/mol. The summed E-state index contributed by atoms with van der Waals surface area (Å²) in [5.74, 6) is 1.88. The molecule has 0 aromatic heterocycles. The van der Waals surface area contributed by atoms with Crippen LogP contribution in [0.5, 0.6) is 5.75 Å². The number of nitrogens with one attached hydrogen (secondary N) is 2. The van der Waals surface area contributed by atoms with Gasteiger partial charge in [-0.2, -0.15) is 0 Å². The van der Waals surface area contributed by atoms with Crippen LogP contribution in [-0.2, 0) is 10.2 Å². The van der Waals surface area contributed by atoms with E-state index in [0.717, 1.165) is 50.9 Å². The van der Waals surface area contributed by atoms with Gasteiger partial charge in [0.2, 0.25) is 0 Å². The first-order valence-corrected chi connectivity index (χ1v) is 12.3. The first-order valence-electron chi connectivity index (χ1n) is 12.3. The van der Waals surface area contributed by atoms with Crippen molar-refractivity contribution in [1.29, 1.82) is 0 Å². The minimum atomic E-state index is 0. The lowest BCUT2D eigenvalue weighted by Gasteiger charge is -2.37. The number of guanidine groups is 1. The van der Waals surface area contributed by atoms with E-state index in [9.17, 15) is 0 Å². The number of ether oxygens (including phenoxy) is 2. The number of hydrogen-bond donors (Lipinski definition) is 2. The molecule has 2 aliphatic rings. The second kappa shape index (κ2) is 14.3. The molecule has 0 amide bonds. The van der Waals surface area contributed by atoms with Crippen molar-refractivity contribution in [3.63, 3.8) is 0 Å². The Labute approximate surface area is 211 Å². The Bertz CT molecular complexity index is 669. The zero-order valence-electron chi connectivity index (χ0n) is 20.2. The molecule has 6 nitrogen and oxygen atoms in total. The molecule has 0 atom stereocenters. The number of nitrogens with zero attached hydrogens (tertiary/aromatic N) is 2. The molecule has 1 aromatic rings. The smallest absolute Gasteiger partial charge is 0.191 e. The van der Waals surface area contributed by atoms with Crippen LogP contribution in [0.3, 0.4) is 0 Å². The van der Waals surface area contributed by atoms with Crippen molar-refractivity contribution in [1.82, 2.24) is 15.5 Å². The van der Waals surface area contributed by atoms with E-state index in [4.69, 9.17) is 14.5 Å². The molecule has 182 valence electrons. The molecule has 2 fully saturated rings. The maximum Gasteiger partial charge on any atom is 0.191 e. The van der Waals surface area contributed by atoms with Crippen molar-refractivity contribution in [3.05, 3.63) is 29.8 Å². The number of halogens is 1. The fourth-order valence-corrected chi connectivity index (χ4v) is 4.73. The zero-order chi connectivity index (χ0) is 21.9. The fourth-order valence-electron chi connectivity index (χ4n) is 4.73. The fraction of sp³-hybridized carbons (Fsp3) is 0.720. The second-order valence-electron chi connectivity index (χ2n) is 8.81. The van der Waals surface area contributed by atoms with Gasteiger partial charge in [0.1, 0.15) is 5.75 Å². The van der Waals surface area contributed by atoms with Crippen molar-refractivity contribution in [2.45, 2.75) is 64.3 Å². The minimum Gasteiger partial charge on any atom is -0.494 e. The van der Waals surface area contributed by atoms with E-state index in [1.165, 1.54) is 44.5 Å². The summed E-state index contributed by atoms with van der Waals surface area (Å²) in [4.78, 5) is 7.66. The summed E-state index contributed by atoms with van der Waals surface area (Å²) in [6.45, 7) is 13.9. The highest BCUT2D eigenvalue weighted by molar-refractivity contribution is 14.0. The summed E-state index contributed by atoms with van der Waals surface area (Å²) >= 11 is 0. The van der Waals surface area contributed by atoms with Gasteiger partial charge < -0.3 is 25.0 Å². The van der Waals surface area contributed by atoms with Gasteiger partial charge in [-0.1, -0.05) is 19.1 Å². The Morgan fingerprint density at radius 2 is 1.81 bits per heavy atom. The largest absolute Gasteiger partial charge is 0.494 e. The molecule has 1 aromatic carbocycles. The van der Waals surface area contributed by atoms with Gasteiger partial charge in [-0.3, -0.25) is 4.99 Å². The summed E-state index contributed by atoms with van der Waals surface area (Å²) in [6, 6.07) is 9.12. The maximum absolute atomic E-state index is 5.71. The van der Waals surface area contributed by atoms with Crippen molar-refractivity contribution < 1.29 is 9.47 Å². The van der Waals surface area contributed by atoms with Crippen molar-refractivity contribution in [3.8, 4) is 5.75 Å². The molecule has 2 heterocycles. The van der Waals surface area contributed by atoms with Gasteiger partial charge in [-0.15, -0.1) is 24.0 Å². The monoisotopic (exact) mass is 558 g/mol. The molecular formula is C25H43IN4O2. The third kappa shape index (κ3) is 7.76. The summed E-state index contributed by atoms with van der Waals surface area (Å²) in [7, 11) is 0. The summed E-state index contributed by atoms with van der Waals surface area (Å²) in [5, 5.41) is 7.19. The molecule has 0 unspecified atom stereocenters. The number of rotatable bonds is 9. The van der Waals surface area contributed by atoms with Gasteiger partial charge in [0, 0.05) is 44.3 Å². The second-order valence-corrected chi connectivity index (χ2v) is 8.81. The third-order valence-electron chi connectivity index (χ3n) is 6.58. The molecular weight excluding hydrogens is 515 g/mol. The van der Waals surface area contributed by atoms with E-state index in [2.05, 4.69) is 53.6 Å². The Morgan fingerprint density at radius 3 is 2.41 bits per heavy atom. The van der Waals surface area contributed by atoms with Crippen molar-refractivity contribution >= 4 is 29.9 Å². The highest BCUT2D eigenvalue weighted by Gasteiger charge is 2.34. The lowest BCUT2D eigenvalue weighted by molar-refractivity contribution is 0.0530. The summed E-state index contributed by atoms with van der Waals surface area (Å²) in [6.07, 6.45) is 5.60. The predicted octanol–water partition coefficient (Wildman–Crippen LogP) is 4.18. The van der Waals surface area contributed by atoms with Gasteiger partial charge in [0.15, 0.2) is 5.96 Å². The number of likely N-dealkylation sites (tertiary alicyclic amines) is 1. The Morgan fingerprint density at radius 1 is 1.12 bits per heavy atom. The van der Waals surface area contributed by atoms with E-state index >= 15 is 0 Å². The van der Waals surface area contributed by atoms with Crippen LogP contribution >= 0.6 is 24.0 Å². The van der Waals surface area contributed by atoms with Crippen LogP contribution in [0, 0.1) is 0 Å². The van der Waals surface area contributed by atoms with Gasteiger partial charge >= 0.3 is 0 Å². The minimum absolute atomic E-state index is 0. The van der Waals surface area contributed by atoms with Crippen LogP contribution in [0.4, 0.5) is 0 Å². The molecule has 7 heteroatoms. The highest BCUT2D eigenvalue weighted by atomic mass is 127. The van der Waals surface area contributed by atoms with Gasteiger partial charge in [-0.05, 0) is 70.2 Å². The number of piperidine rings is 1. The van der Waals surface area contributed by atoms with Crippen LogP contribution in [0.25, 0.3) is 0 Å². The molecule has 2 saturated heterocycles.